The van der Waals surface area contributed by atoms with Gasteiger partial charge in [-0.15, -0.1) is 0 Å². The number of para-hydroxylation sites is 2. The Morgan fingerprint density at radius 2 is 1.35 bits per heavy atom. The molecule has 37 heavy (non-hydrogen) atoms. The van der Waals surface area contributed by atoms with E-state index >= 15 is 0 Å². The summed E-state index contributed by atoms with van der Waals surface area (Å²) in [5, 5.41) is 5.08. The highest BCUT2D eigenvalue weighted by Gasteiger charge is 2.17. The van der Waals surface area contributed by atoms with Crippen molar-refractivity contribution in [2.75, 3.05) is 0 Å². The molecular formula is C33H24ClN3. The summed E-state index contributed by atoms with van der Waals surface area (Å²) in [7, 11) is 0. The first-order valence-electron chi connectivity index (χ1n) is 12.2. The fraction of sp³-hybridized carbons (Fsp3) is 0.0303. The molecule has 6 aromatic rings. The Balaban J connectivity index is 1.52. The number of benzene rings is 5. The third-order valence-electron chi connectivity index (χ3n) is 6.69. The lowest BCUT2D eigenvalue weighted by molar-refractivity contribution is 1.17. The Kier molecular flexibility index (Phi) is 5.91. The van der Waals surface area contributed by atoms with Crippen LogP contribution in [0.5, 0.6) is 0 Å². The van der Waals surface area contributed by atoms with Gasteiger partial charge in [-0.2, -0.15) is 0 Å². The summed E-state index contributed by atoms with van der Waals surface area (Å²) in [6.45, 7) is 6.01. The topological polar surface area (TPSA) is 29.6 Å². The Hall–Kier alpha value is -4.47. The van der Waals surface area contributed by atoms with Crippen LogP contribution in [0.1, 0.15) is 18.1 Å². The van der Waals surface area contributed by atoms with Crippen molar-refractivity contribution >= 4 is 60.9 Å². The summed E-state index contributed by atoms with van der Waals surface area (Å²) in [5.41, 5.74) is 6.57. The van der Waals surface area contributed by atoms with Crippen molar-refractivity contribution in [1.82, 2.24) is 4.57 Å². The van der Waals surface area contributed by atoms with Gasteiger partial charge < -0.3 is 4.57 Å². The van der Waals surface area contributed by atoms with E-state index in [1.54, 1.807) is 0 Å². The number of nitrogens with zero attached hydrogens (tertiary/aromatic N) is 3. The number of aromatic nitrogens is 1. The molecule has 1 heterocycles. The first-order chi connectivity index (χ1) is 18.1. The molecular weight excluding hydrogens is 474 g/mol. The second kappa shape index (κ2) is 9.53. The van der Waals surface area contributed by atoms with Crippen molar-refractivity contribution in [3.05, 3.63) is 133 Å². The van der Waals surface area contributed by atoms with Crippen LogP contribution in [0.25, 0.3) is 44.0 Å². The number of hydrogen-bond acceptors (Lipinski definition) is 1. The van der Waals surface area contributed by atoms with Crippen LogP contribution in [-0.4, -0.2) is 15.6 Å². The van der Waals surface area contributed by atoms with Gasteiger partial charge in [-0.05, 0) is 53.1 Å². The average Bonchev–Trinajstić information content (AvgIpc) is 3.28. The monoisotopic (exact) mass is 497 g/mol. The van der Waals surface area contributed by atoms with Gasteiger partial charge in [0, 0.05) is 16.3 Å². The van der Waals surface area contributed by atoms with Crippen LogP contribution in [-0.2, 0) is 0 Å². The van der Waals surface area contributed by atoms with Crippen molar-refractivity contribution in [3.63, 3.8) is 0 Å². The number of halogens is 1. The standard InChI is InChI=1S/C33H24ClN3/c1-22(24-12-4-3-5-13-24)35-33(34)36-23(2)26-15-8-10-18-29(26)37-30-19-11-9-17-28(30)32-27-16-7-6-14-25(27)20-21-31(32)37/h3-21H,1H2,2H3/b35-33-,36-23+. The van der Waals surface area contributed by atoms with Gasteiger partial charge in [0.2, 0.25) is 5.29 Å². The van der Waals surface area contributed by atoms with Crippen LogP contribution in [0.4, 0.5) is 0 Å². The number of amidine groups is 1. The van der Waals surface area contributed by atoms with E-state index in [9.17, 15) is 0 Å². The third-order valence-corrected chi connectivity index (χ3v) is 6.86. The van der Waals surface area contributed by atoms with Crippen molar-refractivity contribution < 1.29 is 0 Å². The summed E-state index contributed by atoms with van der Waals surface area (Å²) in [6, 6.07) is 39.5. The number of hydrogen-bond donors (Lipinski definition) is 0. The summed E-state index contributed by atoms with van der Waals surface area (Å²) < 4.78 is 2.32. The molecule has 0 spiro atoms. The number of rotatable bonds is 4. The van der Waals surface area contributed by atoms with Crippen LogP contribution < -0.4 is 0 Å². The zero-order valence-corrected chi connectivity index (χ0v) is 21.2. The highest BCUT2D eigenvalue weighted by Crippen LogP contribution is 2.37. The van der Waals surface area contributed by atoms with Crippen molar-refractivity contribution in [1.29, 1.82) is 0 Å². The first-order valence-corrected chi connectivity index (χ1v) is 12.5. The predicted molar refractivity (Wildman–Crippen MR) is 159 cm³/mol. The molecule has 0 atom stereocenters. The van der Waals surface area contributed by atoms with E-state index in [2.05, 4.69) is 100.0 Å². The fourth-order valence-corrected chi connectivity index (χ4v) is 5.23. The molecule has 6 rings (SSSR count). The smallest absolute Gasteiger partial charge is 0.223 e. The lowest BCUT2D eigenvalue weighted by atomic mass is 10.0. The van der Waals surface area contributed by atoms with Gasteiger partial charge in [-0.1, -0.05) is 104 Å². The van der Waals surface area contributed by atoms with E-state index in [1.165, 1.54) is 21.5 Å². The van der Waals surface area contributed by atoms with Crippen LogP contribution in [0, 0.1) is 0 Å². The van der Waals surface area contributed by atoms with E-state index in [0.29, 0.717) is 5.70 Å². The highest BCUT2D eigenvalue weighted by atomic mass is 35.5. The van der Waals surface area contributed by atoms with Crippen molar-refractivity contribution in [2.24, 2.45) is 9.98 Å². The molecule has 0 saturated heterocycles. The van der Waals surface area contributed by atoms with Gasteiger partial charge in [0.05, 0.1) is 28.1 Å². The van der Waals surface area contributed by atoms with Gasteiger partial charge >= 0.3 is 0 Å². The molecule has 5 aromatic carbocycles. The molecule has 0 N–H and O–H groups in total. The normalized spacial score (nSPS) is 12.5. The Morgan fingerprint density at radius 3 is 2.19 bits per heavy atom. The predicted octanol–water partition coefficient (Wildman–Crippen LogP) is 9.01. The zero-order chi connectivity index (χ0) is 25.4. The van der Waals surface area contributed by atoms with Gasteiger partial charge in [0.1, 0.15) is 0 Å². The summed E-state index contributed by atoms with van der Waals surface area (Å²) >= 11 is 6.50. The second-order valence-electron chi connectivity index (χ2n) is 8.94. The minimum atomic E-state index is 0.148. The van der Waals surface area contributed by atoms with E-state index in [-0.39, 0.29) is 5.29 Å². The maximum atomic E-state index is 6.50. The first kappa shape index (κ1) is 23.0. The lowest BCUT2D eigenvalue weighted by Crippen LogP contribution is -2.05. The molecule has 1 aromatic heterocycles. The zero-order valence-electron chi connectivity index (χ0n) is 20.4. The molecule has 0 amide bonds. The van der Waals surface area contributed by atoms with Gasteiger partial charge in [-0.3, -0.25) is 0 Å². The summed E-state index contributed by atoms with van der Waals surface area (Å²) in [5.74, 6) is 0. The van der Waals surface area contributed by atoms with Crippen LogP contribution in [0.15, 0.2) is 132 Å². The SMILES string of the molecule is C=C(/N=C(Cl)\N=C(/C)c1ccccc1-n1c2ccccc2c2c3ccccc3ccc21)c1ccccc1. The summed E-state index contributed by atoms with van der Waals surface area (Å²) in [4.78, 5) is 9.08. The molecule has 0 saturated carbocycles. The molecule has 0 aliphatic rings. The van der Waals surface area contributed by atoms with E-state index < -0.39 is 0 Å². The maximum Gasteiger partial charge on any atom is 0.223 e. The van der Waals surface area contributed by atoms with Gasteiger partial charge in [-0.25, -0.2) is 9.98 Å². The Bertz CT molecular complexity index is 1860. The van der Waals surface area contributed by atoms with Crippen LogP contribution in [0.2, 0.25) is 0 Å². The van der Waals surface area contributed by atoms with Crippen molar-refractivity contribution in [2.45, 2.75) is 6.92 Å². The molecule has 178 valence electrons. The second-order valence-corrected chi connectivity index (χ2v) is 9.28. The Labute approximate surface area is 220 Å². The fourth-order valence-electron chi connectivity index (χ4n) is 5.00. The molecule has 4 heteroatoms. The third kappa shape index (κ3) is 4.14. The van der Waals surface area contributed by atoms with Crippen molar-refractivity contribution in [3.8, 4) is 5.69 Å². The van der Waals surface area contributed by atoms with E-state index in [4.69, 9.17) is 11.6 Å². The number of aliphatic imine (C=N–C) groups is 2. The quantitative estimate of drug-likeness (QED) is 0.132. The summed E-state index contributed by atoms with van der Waals surface area (Å²) in [6.07, 6.45) is 0. The minimum absolute atomic E-state index is 0.148. The molecule has 3 nitrogen and oxygen atoms in total. The molecule has 0 fully saturated rings. The maximum absolute atomic E-state index is 6.50. The molecule has 0 unspecified atom stereocenters. The van der Waals surface area contributed by atoms with E-state index in [1.807, 2.05) is 43.3 Å². The average molecular weight is 498 g/mol. The molecule has 0 aliphatic carbocycles. The highest BCUT2D eigenvalue weighted by molar-refractivity contribution is 6.66. The Morgan fingerprint density at radius 1 is 0.676 bits per heavy atom. The number of fused-ring (bicyclic) bond motifs is 5. The minimum Gasteiger partial charge on any atom is -0.309 e. The van der Waals surface area contributed by atoms with Gasteiger partial charge in [0.15, 0.2) is 0 Å². The molecule has 0 bridgehead atoms. The lowest BCUT2D eigenvalue weighted by Gasteiger charge is -2.13. The van der Waals surface area contributed by atoms with Crippen LogP contribution in [0.3, 0.4) is 0 Å². The van der Waals surface area contributed by atoms with Gasteiger partial charge in [0.25, 0.3) is 0 Å². The largest absolute Gasteiger partial charge is 0.309 e. The molecule has 0 aliphatic heterocycles. The molecule has 0 radical (unpaired) electrons. The van der Waals surface area contributed by atoms with Crippen LogP contribution >= 0.6 is 11.6 Å². The van der Waals surface area contributed by atoms with E-state index in [0.717, 1.165) is 33.6 Å².